The van der Waals surface area contributed by atoms with Gasteiger partial charge in [0.05, 0.1) is 24.9 Å². The number of benzene rings is 1. The van der Waals surface area contributed by atoms with E-state index in [0.717, 1.165) is 5.46 Å². The molecule has 1 fully saturated rings. The Balaban J connectivity index is 2.23. The lowest BCUT2D eigenvalue weighted by atomic mass is 9.78. The molecule has 0 N–H and O–H groups in total. The molecule has 1 unspecified atom stereocenters. The van der Waals surface area contributed by atoms with Crippen LogP contribution in [0.1, 0.15) is 38.1 Å². The number of hydrogen-bond donors (Lipinski definition) is 0. The van der Waals surface area contributed by atoms with E-state index in [1.807, 2.05) is 33.8 Å². The number of ether oxygens (including phenoxy) is 2. The largest absolute Gasteiger partial charge is 0.494 e. The van der Waals surface area contributed by atoms with Gasteiger partial charge in [-0.2, -0.15) is 0 Å². The summed E-state index contributed by atoms with van der Waals surface area (Å²) in [6.07, 6.45) is 0. The minimum absolute atomic E-state index is 0.379. The predicted octanol–water partition coefficient (Wildman–Crippen LogP) is 1.79. The molecule has 0 radical (unpaired) electrons. The van der Waals surface area contributed by atoms with Crippen LogP contribution < -0.4 is 5.46 Å². The zero-order valence-electron chi connectivity index (χ0n) is 13.8. The quantitative estimate of drug-likeness (QED) is 0.613. The molecule has 1 saturated heterocycles. The molecule has 1 aromatic rings. The number of carbonyl (C=O) groups is 1. The summed E-state index contributed by atoms with van der Waals surface area (Å²) in [6.45, 7) is 8.96. The Morgan fingerprint density at radius 3 is 2.64 bits per heavy atom. The third kappa shape index (κ3) is 3.19. The van der Waals surface area contributed by atoms with Gasteiger partial charge in [0.15, 0.2) is 0 Å². The lowest BCUT2D eigenvalue weighted by molar-refractivity contribution is -0.0684. The van der Waals surface area contributed by atoms with Crippen molar-refractivity contribution >= 4 is 18.6 Å². The molecule has 2 rings (SSSR count). The molecule has 0 spiro atoms. The van der Waals surface area contributed by atoms with Crippen LogP contribution in [0, 0.1) is 0 Å². The first kappa shape index (κ1) is 17.0. The topological polar surface area (TPSA) is 54.0 Å². The third-order valence-electron chi connectivity index (χ3n) is 4.20. The molecule has 1 aromatic carbocycles. The maximum absolute atomic E-state index is 11.7. The van der Waals surface area contributed by atoms with E-state index in [1.54, 1.807) is 18.2 Å². The molecule has 5 nitrogen and oxygen atoms in total. The van der Waals surface area contributed by atoms with Crippen molar-refractivity contribution in [3.8, 4) is 0 Å². The zero-order valence-corrected chi connectivity index (χ0v) is 13.8. The fourth-order valence-corrected chi connectivity index (χ4v) is 2.37. The number of hydrogen-bond acceptors (Lipinski definition) is 5. The van der Waals surface area contributed by atoms with Gasteiger partial charge in [-0.05, 0) is 45.3 Å². The molecule has 0 aliphatic carbocycles. The summed E-state index contributed by atoms with van der Waals surface area (Å²) in [4.78, 5) is 11.7. The van der Waals surface area contributed by atoms with E-state index in [9.17, 15) is 4.79 Å². The SMILES string of the molecule is CCOCC1(C)OB(c2cccc(C(=O)OC)c2)OC1(C)C. The van der Waals surface area contributed by atoms with Crippen molar-refractivity contribution in [3.05, 3.63) is 29.8 Å². The number of methoxy groups -OCH3 is 1. The maximum Gasteiger partial charge on any atom is 0.494 e. The molecular formula is C16H23BO5. The van der Waals surface area contributed by atoms with E-state index < -0.39 is 18.3 Å². The maximum atomic E-state index is 11.7. The van der Waals surface area contributed by atoms with Crippen LogP contribution in [0.2, 0.25) is 0 Å². The van der Waals surface area contributed by atoms with Crippen molar-refractivity contribution in [1.82, 2.24) is 0 Å². The van der Waals surface area contributed by atoms with Crippen molar-refractivity contribution in [2.24, 2.45) is 0 Å². The lowest BCUT2D eigenvalue weighted by Gasteiger charge is -2.35. The molecule has 22 heavy (non-hydrogen) atoms. The highest BCUT2D eigenvalue weighted by Gasteiger charge is 2.54. The van der Waals surface area contributed by atoms with Crippen molar-refractivity contribution < 1.29 is 23.6 Å². The molecule has 1 heterocycles. The zero-order chi connectivity index (χ0) is 16.4. The van der Waals surface area contributed by atoms with E-state index in [2.05, 4.69) is 0 Å². The second-order valence-electron chi connectivity index (χ2n) is 6.06. The smallest absolute Gasteiger partial charge is 0.465 e. The summed E-state index contributed by atoms with van der Waals surface area (Å²) in [5.41, 5.74) is 0.197. The summed E-state index contributed by atoms with van der Waals surface area (Å²) in [6, 6.07) is 7.10. The van der Waals surface area contributed by atoms with Crippen LogP contribution in [-0.2, 0) is 18.8 Å². The van der Waals surface area contributed by atoms with Gasteiger partial charge in [0.2, 0.25) is 0 Å². The van der Waals surface area contributed by atoms with Gasteiger partial charge >= 0.3 is 13.1 Å². The Hall–Kier alpha value is -1.37. The highest BCUT2D eigenvalue weighted by molar-refractivity contribution is 6.62. The van der Waals surface area contributed by atoms with Gasteiger partial charge in [0, 0.05) is 6.61 Å². The Labute approximate surface area is 132 Å². The minimum Gasteiger partial charge on any atom is -0.465 e. The highest BCUT2D eigenvalue weighted by Crippen LogP contribution is 2.37. The second-order valence-corrected chi connectivity index (χ2v) is 6.06. The molecule has 0 saturated carbocycles. The van der Waals surface area contributed by atoms with Gasteiger partial charge < -0.3 is 18.8 Å². The first-order valence-electron chi connectivity index (χ1n) is 7.44. The van der Waals surface area contributed by atoms with Gasteiger partial charge in [-0.3, -0.25) is 0 Å². The summed E-state index contributed by atoms with van der Waals surface area (Å²) in [7, 11) is 0.824. The Kier molecular flexibility index (Phi) is 4.95. The van der Waals surface area contributed by atoms with Crippen LogP contribution >= 0.6 is 0 Å². The first-order chi connectivity index (χ1) is 10.3. The summed E-state index contributed by atoms with van der Waals surface area (Å²) < 4.78 is 22.5. The average molecular weight is 306 g/mol. The molecule has 1 atom stereocenters. The molecule has 1 aliphatic heterocycles. The standard InChI is InChI=1S/C16H23BO5/c1-6-20-11-16(4)15(2,3)21-17(22-16)13-9-7-8-12(10-13)14(18)19-5/h7-10H,6,11H2,1-5H3. The summed E-state index contributed by atoms with van der Waals surface area (Å²) in [5.74, 6) is -0.379. The van der Waals surface area contributed by atoms with Gasteiger partial charge in [0.25, 0.3) is 0 Å². The van der Waals surface area contributed by atoms with Crippen molar-refractivity contribution in [2.45, 2.75) is 38.9 Å². The minimum atomic E-state index is -0.561. The van der Waals surface area contributed by atoms with E-state index in [-0.39, 0.29) is 5.97 Å². The van der Waals surface area contributed by atoms with Gasteiger partial charge in [-0.25, -0.2) is 4.79 Å². The molecule has 6 heteroatoms. The van der Waals surface area contributed by atoms with Crippen LogP contribution in [0.4, 0.5) is 0 Å². The lowest BCUT2D eigenvalue weighted by Crippen LogP contribution is -2.48. The average Bonchev–Trinajstić information content (AvgIpc) is 2.75. The second kappa shape index (κ2) is 6.40. The molecular weight excluding hydrogens is 283 g/mol. The molecule has 120 valence electrons. The van der Waals surface area contributed by atoms with Gasteiger partial charge in [0.1, 0.15) is 5.60 Å². The molecule has 0 bridgehead atoms. The number of carbonyl (C=O) groups excluding carboxylic acids is 1. The first-order valence-corrected chi connectivity index (χ1v) is 7.44. The van der Waals surface area contributed by atoms with E-state index in [4.69, 9.17) is 18.8 Å². The number of rotatable bonds is 5. The van der Waals surface area contributed by atoms with E-state index in [0.29, 0.717) is 18.8 Å². The molecule has 0 aromatic heterocycles. The summed E-state index contributed by atoms with van der Waals surface area (Å²) in [5, 5.41) is 0. The Morgan fingerprint density at radius 1 is 1.27 bits per heavy atom. The normalized spacial score (nSPS) is 23.6. The molecule has 1 aliphatic rings. The Morgan fingerprint density at radius 2 is 2.00 bits per heavy atom. The highest BCUT2D eigenvalue weighted by atomic mass is 16.7. The van der Waals surface area contributed by atoms with Crippen LogP contribution in [0.3, 0.4) is 0 Å². The summed E-state index contributed by atoms with van der Waals surface area (Å²) >= 11 is 0. The Bertz CT molecular complexity index is 545. The van der Waals surface area contributed by atoms with Crippen molar-refractivity contribution in [1.29, 1.82) is 0 Å². The number of esters is 1. The third-order valence-corrected chi connectivity index (χ3v) is 4.20. The van der Waals surface area contributed by atoms with Crippen LogP contribution in [-0.4, -0.2) is 44.6 Å². The van der Waals surface area contributed by atoms with Crippen LogP contribution in [0.25, 0.3) is 0 Å². The van der Waals surface area contributed by atoms with Crippen LogP contribution in [0.15, 0.2) is 24.3 Å². The van der Waals surface area contributed by atoms with E-state index >= 15 is 0 Å². The monoisotopic (exact) mass is 306 g/mol. The van der Waals surface area contributed by atoms with Gasteiger partial charge in [-0.15, -0.1) is 0 Å². The fraction of sp³-hybridized carbons (Fsp3) is 0.562. The van der Waals surface area contributed by atoms with Crippen LogP contribution in [0.5, 0.6) is 0 Å². The van der Waals surface area contributed by atoms with Gasteiger partial charge in [-0.1, -0.05) is 12.1 Å². The fourth-order valence-electron chi connectivity index (χ4n) is 2.37. The van der Waals surface area contributed by atoms with E-state index in [1.165, 1.54) is 7.11 Å². The van der Waals surface area contributed by atoms with Crippen molar-refractivity contribution in [2.75, 3.05) is 20.3 Å². The molecule has 0 amide bonds. The predicted molar refractivity (Wildman–Crippen MR) is 84.3 cm³/mol. The van der Waals surface area contributed by atoms with Crippen molar-refractivity contribution in [3.63, 3.8) is 0 Å².